The zero-order valence-corrected chi connectivity index (χ0v) is 14.2. The van der Waals surface area contributed by atoms with Crippen LogP contribution in [-0.4, -0.2) is 45.9 Å². The van der Waals surface area contributed by atoms with E-state index in [9.17, 15) is 14.4 Å². The molecule has 0 radical (unpaired) electrons. The van der Waals surface area contributed by atoms with Gasteiger partial charge in [0.2, 0.25) is 11.8 Å². The van der Waals surface area contributed by atoms with Crippen molar-refractivity contribution in [2.75, 3.05) is 7.05 Å². The minimum absolute atomic E-state index is 0.0151. The number of carboxylic acids is 1. The fourth-order valence-corrected chi connectivity index (χ4v) is 3.90. The van der Waals surface area contributed by atoms with Gasteiger partial charge < -0.3 is 15.3 Å². The van der Waals surface area contributed by atoms with E-state index in [4.69, 9.17) is 5.11 Å². The maximum Gasteiger partial charge on any atom is 0.306 e. The normalized spacial score (nSPS) is 29.5. The first kappa shape index (κ1) is 17.4. The minimum atomic E-state index is -0.760. The summed E-state index contributed by atoms with van der Waals surface area (Å²) in [6.07, 6.45) is 6.03. The Balaban J connectivity index is 1.66. The predicted molar refractivity (Wildman–Crippen MR) is 89.4 cm³/mol. The molecule has 3 rings (SSSR count). The highest BCUT2D eigenvalue weighted by atomic mass is 16.4. The highest BCUT2D eigenvalue weighted by Crippen LogP contribution is 2.37. The number of amides is 2. The maximum absolute atomic E-state index is 12.8. The summed E-state index contributed by atoms with van der Waals surface area (Å²) in [4.78, 5) is 41.7. The second-order valence-corrected chi connectivity index (χ2v) is 6.94. The smallest absolute Gasteiger partial charge is 0.306 e. The van der Waals surface area contributed by atoms with Crippen LogP contribution in [-0.2, 0) is 14.4 Å². The van der Waals surface area contributed by atoms with Gasteiger partial charge in [-0.15, -0.1) is 0 Å². The van der Waals surface area contributed by atoms with Gasteiger partial charge >= 0.3 is 5.97 Å². The van der Waals surface area contributed by atoms with E-state index in [0.717, 1.165) is 5.56 Å². The Labute approximate surface area is 146 Å². The Morgan fingerprint density at radius 3 is 2.60 bits per heavy atom. The molecule has 2 amide bonds. The maximum atomic E-state index is 12.8. The van der Waals surface area contributed by atoms with Gasteiger partial charge in [0.25, 0.3) is 0 Å². The molecule has 2 atom stereocenters. The van der Waals surface area contributed by atoms with E-state index in [1.54, 1.807) is 30.4 Å². The van der Waals surface area contributed by atoms with Gasteiger partial charge in [-0.05, 0) is 37.3 Å². The monoisotopic (exact) mass is 345 g/mol. The molecule has 134 valence electrons. The molecule has 1 saturated heterocycles. The van der Waals surface area contributed by atoms with Gasteiger partial charge in [-0.1, -0.05) is 6.07 Å². The van der Waals surface area contributed by atoms with Crippen molar-refractivity contribution in [3.05, 3.63) is 30.1 Å². The number of rotatable bonds is 4. The number of nitrogens with one attached hydrogen (secondary N) is 1. The van der Waals surface area contributed by atoms with Gasteiger partial charge in [-0.2, -0.15) is 0 Å². The predicted octanol–water partition coefficient (Wildman–Crippen LogP) is 1.36. The third-order valence-corrected chi connectivity index (χ3v) is 5.37. The molecule has 2 N–H and O–H groups in total. The van der Waals surface area contributed by atoms with Crippen LogP contribution in [0.2, 0.25) is 0 Å². The summed E-state index contributed by atoms with van der Waals surface area (Å²) >= 11 is 0. The average molecular weight is 345 g/mol. The number of aromatic nitrogens is 1. The van der Waals surface area contributed by atoms with Crippen LogP contribution in [0.25, 0.3) is 0 Å². The molecule has 7 nitrogen and oxygen atoms in total. The van der Waals surface area contributed by atoms with Gasteiger partial charge in [-0.25, -0.2) is 0 Å². The molecule has 2 fully saturated rings. The fourth-order valence-electron chi connectivity index (χ4n) is 3.90. The first-order chi connectivity index (χ1) is 12.0. The summed E-state index contributed by atoms with van der Waals surface area (Å²) < 4.78 is 0. The van der Waals surface area contributed by atoms with Crippen LogP contribution in [0.3, 0.4) is 0 Å². The second kappa shape index (κ2) is 7.21. The Kier molecular flexibility index (Phi) is 5.01. The van der Waals surface area contributed by atoms with Crippen LogP contribution < -0.4 is 5.32 Å². The Morgan fingerprint density at radius 2 is 2.00 bits per heavy atom. The van der Waals surface area contributed by atoms with Crippen molar-refractivity contribution in [2.45, 2.75) is 44.2 Å². The molecule has 7 heteroatoms. The van der Waals surface area contributed by atoms with Crippen LogP contribution in [0.4, 0.5) is 0 Å². The quantitative estimate of drug-likeness (QED) is 0.858. The Morgan fingerprint density at radius 1 is 1.28 bits per heavy atom. The Bertz CT molecular complexity index is 656. The molecule has 1 aromatic heterocycles. The number of nitrogens with zero attached hydrogens (tertiary/aromatic N) is 2. The molecule has 2 aliphatic rings. The molecule has 1 aliphatic heterocycles. The van der Waals surface area contributed by atoms with Crippen molar-refractivity contribution in [3.8, 4) is 0 Å². The van der Waals surface area contributed by atoms with Crippen molar-refractivity contribution < 1.29 is 19.5 Å². The van der Waals surface area contributed by atoms with Crippen molar-refractivity contribution in [1.29, 1.82) is 0 Å². The second-order valence-electron chi connectivity index (χ2n) is 6.94. The van der Waals surface area contributed by atoms with Crippen LogP contribution in [0.15, 0.2) is 24.5 Å². The van der Waals surface area contributed by atoms with E-state index in [2.05, 4.69) is 10.3 Å². The number of likely N-dealkylation sites (tertiary alicyclic amines) is 1. The average Bonchev–Trinajstić information content (AvgIpc) is 2.91. The van der Waals surface area contributed by atoms with Gasteiger partial charge in [0.05, 0.1) is 17.9 Å². The van der Waals surface area contributed by atoms with Crippen molar-refractivity contribution >= 4 is 17.8 Å². The first-order valence-corrected chi connectivity index (χ1v) is 8.66. The summed E-state index contributed by atoms with van der Waals surface area (Å²) in [5.41, 5.74) is 0.852. The van der Waals surface area contributed by atoms with Gasteiger partial charge in [0, 0.05) is 31.9 Å². The first-order valence-electron chi connectivity index (χ1n) is 8.66. The lowest BCUT2D eigenvalue weighted by atomic mass is 9.85. The van der Waals surface area contributed by atoms with E-state index in [0.29, 0.717) is 25.7 Å². The van der Waals surface area contributed by atoms with Gasteiger partial charge in [0.15, 0.2) is 0 Å². The Hall–Kier alpha value is -2.44. The number of pyridine rings is 1. The van der Waals surface area contributed by atoms with E-state index in [1.807, 2.05) is 6.07 Å². The zero-order valence-electron chi connectivity index (χ0n) is 14.2. The fraction of sp³-hybridized carbons (Fsp3) is 0.556. The third-order valence-electron chi connectivity index (χ3n) is 5.37. The summed E-state index contributed by atoms with van der Waals surface area (Å²) in [6, 6.07) is 3.36. The van der Waals surface area contributed by atoms with Gasteiger partial charge in [-0.3, -0.25) is 19.4 Å². The SMILES string of the molecule is CN1C(=O)CC(C(=O)NC2CCC(C(=O)O)CC2)C1c1cccnc1. The molecule has 2 unspecified atom stereocenters. The molecule has 1 saturated carbocycles. The van der Waals surface area contributed by atoms with E-state index >= 15 is 0 Å². The molecule has 2 heterocycles. The number of aliphatic carboxylic acids is 1. The number of carbonyl (C=O) groups is 3. The third kappa shape index (κ3) is 3.65. The molecule has 1 aliphatic carbocycles. The number of carbonyl (C=O) groups excluding carboxylic acids is 2. The van der Waals surface area contributed by atoms with E-state index in [1.165, 1.54) is 0 Å². The number of carboxylic acid groups (broad SMARTS) is 1. The molecular weight excluding hydrogens is 322 g/mol. The van der Waals surface area contributed by atoms with Crippen LogP contribution in [0.5, 0.6) is 0 Å². The molecule has 0 bridgehead atoms. The zero-order chi connectivity index (χ0) is 18.0. The van der Waals surface area contributed by atoms with Crippen LogP contribution in [0, 0.1) is 11.8 Å². The molecule has 25 heavy (non-hydrogen) atoms. The van der Waals surface area contributed by atoms with Crippen molar-refractivity contribution in [3.63, 3.8) is 0 Å². The standard InChI is InChI=1S/C18H23N3O4/c1-21-15(22)9-14(16(21)12-3-2-8-19-10-12)17(23)20-13-6-4-11(5-7-13)18(24)25/h2-3,8,10-11,13-14,16H,4-7,9H2,1H3,(H,20,23)(H,24,25). The topological polar surface area (TPSA) is 99.6 Å². The lowest BCUT2D eigenvalue weighted by molar-refractivity contribution is -0.143. The highest BCUT2D eigenvalue weighted by Gasteiger charge is 2.43. The van der Waals surface area contributed by atoms with E-state index in [-0.39, 0.29) is 36.2 Å². The lowest BCUT2D eigenvalue weighted by Gasteiger charge is -2.29. The number of hydrogen-bond acceptors (Lipinski definition) is 4. The largest absolute Gasteiger partial charge is 0.481 e. The summed E-state index contributed by atoms with van der Waals surface area (Å²) in [5, 5.41) is 12.1. The van der Waals surface area contributed by atoms with Crippen molar-refractivity contribution in [2.24, 2.45) is 11.8 Å². The van der Waals surface area contributed by atoms with Crippen LogP contribution >= 0.6 is 0 Å². The molecular formula is C18H23N3O4. The van der Waals surface area contributed by atoms with E-state index < -0.39 is 11.9 Å². The molecule has 0 aromatic carbocycles. The van der Waals surface area contributed by atoms with Crippen LogP contribution in [0.1, 0.15) is 43.7 Å². The molecule has 0 spiro atoms. The number of hydrogen-bond donors (Lipinski definition) is 2. The summed E-state index contributed by atoms with van der Waals surface area (Å²) in [6.45, 7) is 0. The minimum Gasteiger partial charge on any atom is -0.481 e. The highest BCUT2D eigenvalue weighted by molar-refractivity contribution is 5.90. The summed E-state index contributed by atoms with van der Waals surface area (Å²) in [7, 11) is 1.71. The van der Waals surface area contributed by atoms with Gasteiger partial charge in [0.1, 0.15) is 0 Å². The lowest BCUT2D eigenvalue weighted by Crippen LogP contribution is -2.43. The summed E-state index contributed by atoms with van der Waals surface area (Å²) in [5.74, 6) is -1.70. The van der Waals surface area contributed by atoms with Crippen molar-refractivity contribution in [1.82, 2.24) is 15.2 Å². The molecule has 1 aromatic rings.